The van der Waals surface area contributed by atoms with Crippen LogP contribution in [-0.4, -0.2) is 0 Å². The second-order valence-corrected chi connectivity index (χ2v) is 5.30. The Morgan fingerprint density at radius 2 is 2.00 bits per heavy atom. The molecule has 1 fully saturated rings. The maximum absolute atomic E-state index is 2.40. The van der Waals surface area contributed by atoms with E-state index in [1.54, 1.807) is 5.57 Å². The van der Waals surface area contributed by atoms with Crippen LogP contribution in [0, 0.1) is 23.7 Å². The van der Waals surface area contributed by atoms with E-state index in [2.05, 4.69) is 49.5 Å². The Labute approximate surface area is 98.4 Å². The van der Waals surface area contributed by atoms with E-state index in [-0.39, 0.29) is 0 Å². The van der Waals surface area contributed by atoms with Crippen LogP contribution in [0.15, 0.2) is 48.1 Å². The lowest BCUT2D eigenvalue weighted by Crippen LogP contribution is -2.16. The summed E-state index contributed by atoms with van der Waals surface area (Å²) in [4.78, 5) is 0. The molecule has 0 saturated heterocycles. The van der Waals surface area contributed by atoms with Gasteiger partial charge in [0.1, 0.15) is 0 Å². The molecule has 3 atom stereocenters. The summed E-state index contributed by atoms with van der Waals surface area (Å²) in [6.07, 6.45) is 20.2. The predicted molar refractivity (Wildman–Crippen MR) is 69.0 cm³/mol. The predicted octanol–water partition coefficient (Wildman–Crippen LogP) is 4.28. The fourth-order valence-corrected chi connectivity index (χ4v) is 3.74. The molecule has 0 heteroatoms. The van der Waals surface area contributed by atoms with Gasteiger partial charge in [-0.05, 0) is 30.6 Å². The molecule has 0 amide bonds. The quantitative estimate of drug-likeness (QED) is 0.641. The van der Waals surface area contributed by atoms with E-state index < -0.39 is 0 Å². The second kappa shape index (κ2) is 4.08. The van der Waals surface area contributed by atoms with Gasteiger partial charge in [0.25, 0.3) is 0 Å². The second-order valence-electron chi connectivity index (χ2n) is 5.30. The number of fused-ring (bicyclic) bond motifs is 1. The van der Waals surface area contributed by atoms with Crippen molar-refractivity contribution in [2.75, 3.05) is 0 Å². The van der Waals surface area contributed by atoms with Gasteiger partial charge in [-0.15, -0.1) is 0 Å². The van der Waals surface area contributed by atoms with Crippen LogP contribution in [0.1, 0.15) is 26.2 Å². The van der Waals surface area contributed by atoms with Crippen LogP contribution in [0.4, 0.5) is 0 Å². The van der Waals surface area contributed by atoms with E-state index in [1.807, 2.05) is 0 Å². The standard InChI is InChI=1S/C16H20/c1-2-12-11-14-9-5-6-10-15(14)16(12)13-7-3-4-8-13/h3-8,10,12-14,16H,2,9,11H2,1H3. The maximum atomic E-state index is 2.40. The smallest absolute Gasteiger partial charge is 0.00212 e. The lowest BCUT2D eigenvalue weighted by Gasteiger charge is -2.25. The van der Waals surface area contributed by atoms with Crippen molar-refractivity contribution in [2.24, 2.45) is 23.7 Å². The van der Waals surface area contributed by atoms with Gasteiger partial charge >= 0.3 is 0 Å². The summed E-state index contributed by atoms with van der Waals surface area (Å²) in [7, 11) is 0. The van der Waals surface area contributed by atoms with E-state index in [9.17, 15) is 0 Å². The molecule has 0 aromatic rings. The number of rotatable bonds is 2. The van der Waals surface area contributed by atoms with Crippen LogP contribution in [0.5, 0.6) is 0 Å². The molecule has 0 N–H and O–H groups in total. The third-order valence-electron chi connectivity index (χ3n) is 4.51. The molecule has 0 radical (unpaired) electrons. The van der Waals surface area contributed by atoms with E-state index in [0.717, 1.165) is 17.8 Å². The normalized spacial score (nSPS) is 36.8. The summed E-state index contributed by atoms with van der Waals surface area (Å²) >= 11 is 0. The molecule has 0 spiro atoms. The molecule has 0 aliphatic heterocycles. The number of hydrogen-bond acceptors (Lipinski definition) is 0. The number of hydrogen-bond donors (Lipinski definition) is 0. The van der Waals surface area contributed by atoms with Gasteiger partial charge in [-0.25, -0.2) is 0 Å². The Kier molecular flexibility index (Phi) is 2.59. The molecule has 3 aliphatic rings. The highest BCUT2D eigenvalue weighted by Gasteiger charge is 2.40. The average Bonchev–Trinajstić information content (AvgIpc) is 2.94. The highest BCUT2D eigenvalue weighted by atomic mass is 14.4. The molecule has 0 heterocycles. The Morgan fingerprint density at radius 1 is 1.19 bits per heavy atom. The van der Waals surface area contributed by atoms with Gasteiger partial charge in [0.05, 0.1) is 0 Å². The van der Waals surface area contributed by atoms with Crippen LogP contribution in [0.2, 0.25) is 0 Å². The summed E-state index contributed by atoms with van der Waals surface area (Å²) in [5.74, 6) is 3.21. The minimum atomic E-state index is 0.674. The van der Waals surface area contributed by atoms with Crippen molar-refractivity contribution >= 4 is 0 Å². The zero-order valence-corrected chi connectivity index (χ0v) is 9.97. The van der Waals surface area contributed by atoms with Gasteiger partial charge in [-0.2, -0.15) is 0 Å². The monoisotopic (exact) mass is 212 g/mol. The van der Waals surface area contributed by atoms with Crippen molar-refractivity contribution in [3.8, 4) is 0 Å². The van der Waals surface area contributed by atoms with Crippen LogP contribution >= 0.6 is 0 Å². The van der Waals surface area contributed by atoms with E-state index in [1.165, 1.54) is 19.3 Å². The van der Waals surface area contributed by atoms with Crippen LogP contribution in [0.25, 0.3) is 0 Å². The first-order valence-electron chi connectivity index (χ1n) is 6.61. The largest absolute Gasteiger partial charge is 0.0839 e. The molecule has 84 valence electrons. The van der Waals surface area contributed by atoms with Gasteiger partial charge in [-0.3, -0.25) is 0 Å². The molecule has 16 heavy (non-hydrogen) atoms. The number of allylic oxidation sites excluding steroid dienone is 8. The van der Waals surface area contributed by atoms with Crippen molar-refractivity contribution in [3.63, 3.8) is 0 Å². The fourth-order valence-electron chi connectivity index (χ4n) is 3.74. The molecule has 3 unspecified atom stereocenters. The van der Waals surface area contributed by atoms with Crippen LogP contribution in [0.3, 0.4) is 0 Å². The third-order valence-corrected chi connectivity index (χ3v) is 4.51. The summed E-state index contributed by atoms with van der Waals surface area (Å²) in [6, 6.07) is 0. The van der Waals surface area contributed by atoms with Crippen molar-refractivity contribution < 1.29 is 0 Å². The summed E-state index contributed by atoms with van der Waals surface area (Å²) in [6.45, 7) is 2.35. The lowest BCUT2D eigenvalue weighted by atomic mass is 9.80. The van der Waals surface area contributed by atoms with Gasteiger partial charge in [0, 0.05) is 5.92 Å². The minimum absolute atomic E-state index is 0.674. The van der Waals surface area contributed by atoms with Gasteiger partial charge in [0.2, 0.25) is 0 Å². The third kappa shape index (κ3) is 1.52. The molecule has 0 aromatic carbocycles. The van der Waals surface area contributed by atoms with Crippen molar-refractivity contribution in [2.45, 2.75) is 26.2 Å². The van der Waals surface area contributed by atoms with Crippen LogP contribution in [-0.2, 0) is 0 Å². The molecule has 0 bridgehead atoms. The zero-order chi connectivity index (χ0) is 11.0. The molecular weight excluding hydrogens is 192 g/mol. The first kappa shape index (κ1) is 10.1. The Balaban J connectivity index is 1.92. The highest BCUT2D eigenvalue weighted by molar-refractivity contribution is 5.32. The molecule has 0 aromatic heterocycles. The topological polar surface area (TPSA) is 0 Å². The van der Waals surface area contributed by atoms with E-state index >= 15 is 0 Å². The van der Waals surface area contributed by atoms with Gasteiger partial charge in [-0.1, -0.05) is 61.4 Å². The maximum Gasteiger partial charge on any atom is 0.00212 e. The Morgan fingerprint density at radius 3 is 2.75 bits per heavy atom. The summed E-state index contributed by atoms with van der Waals surface area (Å²) in [5.41, 5.74) is 1.73. The molecule has 3 aliphatic carbocycles. The average molecular weight is 212 g/mol. The lowest BCUT2D eigenvalue weighted by molar-refractivity contribution is 0.363. The first-order chi connectivity index (χ1) is 7.90. The van der Waals surface area contributed by atoms with E-state index in [0.29, 0.717) is 5.92 Å². The van der Waals surface area contributed by atoms with Gasteiger partial charge < -0.3 is 0 Å². The Hall–Kier alpha value is -1.04. The SMILES string of the molecule is CCC1CC2CC=CC=C2C1C1C=CC=C1. The molecular formula is C16H20. The first-order valence-corrected chi connectivity index (χ1v) is 6.61. The van der Waals surface area contributed by atoms with Gasteiger partial charge in [0.15, 0.2) is 0 Å². The van der Waals surface area contributed by atoms with Crippen LogP contribution < -0.4 is 0 Å². The fraction of sp³-hybridized carbons (Fsp3) is 0.500. The van der Waals surface area contributed by atoms with Crippen molar-refractivity contribution in [1.82, 2.24) is 0 Å². The Bertz CT molecular complexity index is 369. The van der Waals surface area contributed by atoms with Crippen molar-refractivity contribution in [3.05, 3.63) is 48.1 Å². The summed E-state index contributed by atoms with van der Waals surface area (Å²) < 4.78 is 0. The molecule has 3 rings (SSSR count). The van der Waals surface area contributed by atoms with Crippen molar-refractivity contribution in [1.29, 1.82) is 0 Å². The molecule has 1 saturated carbocycles. The molecule has 0 nitrogen and oxygen atoms in total. The highest BCUT2D eigenvalue weighted by Crippen LogP contribution is 2.50. The summed E-state index contributed by atoms with van der Waals surface area (Å²) in [5, 5.41) is 0. The minimum Gasteiger partial charge on any atom is -0.0839 e. The zero-order valence-electron chi connectivity index (χ0n) is 9.97. The van der Waals surface area contributed by atoms with E-state index in [4.69, 9.17) is 0 Å².